The highest BCUT2D eigenvalue weighted by molar-refractivity contribution is 7.90. The van der Waals surface area contributed by atoms with Gasteiger partial charge in [0.15, 0.2) is 9.84 Å². The molecule has 1 atom stereocenters. The second-order valence-electron chi connectivity index (χ2n) is 4.01. The highest BCUT2D eigenvalue weighted by atomic mass is 32.2. The Morgan fingerprint density at radius 1 is 1.41 bits per heavy atom. The van der Waals surface area contributed by atoms with Crippen molar-refractivity contribution < 1.29 is 23.4 Å². The summed E-state index contributed by atoms with van der Waals surface area (Å²) >= 11 is 0. The Labute approximate surface area is 99.6 Å². The highest BCUT2D eigenvalue weighted by Crippen LogP contribution is 2.24. The predicted molar refractivity (Wildman–Crippen MR) is 61.7 cm³/mol. The summed E-state index contributed by atoms with van der Waals surface area (Å²) in [5, 5.41) is 18.4. The van der Waals surface area contributed by atoms with Crippen molar-refractivity contribution in [2.75, 3.05) is 6.26 Å². The molecule has 1 aromatic carbocycles. The van der Waals surface area contributed by atoms with Crippen LogP contribution in [0.2, 0.25) is 0 Å². The van der Waals surface area contributed by atoms with Gasteiger partial charge in [0.1, 0.15) is 5.75 Å². The van der Waals surface area contributed by atoms with E-state index < -0.39 is 21.7 Å². The van der Waals surface area contributed by atoms with E-state index in [1.54, 1.807) is 0 Å². The molecule has 0 aliphatic heterocycles. The van der Waals surface area contributed by atoms with Crippen LogP contribution in [0, 0.1) is 5.92 Å². The summed E-state index contributed by atoms with van der Waals surface area (Å²) < 4.78 is 22.4. The lowest BCUT2D eigenvalue weighted by Crippen LogP contribution is -2.12. The zero-order chi connectivity index (χ0) is 13.2. The normalized spacial score (nSPS) is 13.3. The van der Waals surface area contributed by atoms with Crippen molar-refractivity contribution in [3.05, 3.63) is 23.8 Å². The molecule has 2 N–H and O–H groups in total. The lowest BCUT2D eigenvalue weighted by Gasteiger charge is -2.09. The molecule has 0 spiro atoms. The Hall–Kier alpha value is -1.56. The number of carboxylic acid groups (broad SMARTS) is 1. The number of aromatic hydroxyl groups is 1. The molecule has 0 fully saturated rings. The topological polar surface area (TPSA) is 91.7 Å². The zero-order valence-corrected chi connectivity index (χ0v) is 10.4. The molecular formula is C11H14O5S. The molecule has 0 saturated carbocycles. The number of phenolic OH excluding ortho intramolecular Hbond substituents is 1. The van der Waals surface area contributed by atoms with E-state index in [-0.39, 0.29) is 17.1 Å². The molecule has 0 saturated heterocycles. The van der Waals surface area contributed by atoms with Gasteiger partial charge in [-0.15, -0.1) is 0 Å². The lowest BCUT2D eigenvalue weighted by atomic mass is 10.0. The molecule has 0 aliphatic rings. The third-order valence-electron chi connectivity index (χ3n) is 2.43. The Bertz CT molecular complexity index is 533. The van der Waals surface area contributed by atoms with Crippen LogP contribution in [0.3, 0.4) is 0 Å². The quantitative estimate of drug-likeness (QED) is 0.842. The third-order valence-corrected chi connectivity index (χ3v) is 3.54. The molecule has 94 valence electrons. The van der Waals surface area contributed by atoms with Crippen molar-refractivity contribution >= 4 is 15.8 Å². The highest BCUT2D eigenvalue weighted by Gasteiger charge is 2.16. The number of hydrogen-bond donors (Lipinski definition) is 2. The average Bonchev–Trinajstić information content (AvgIpc) is 2.19. The number of phenols is 1. The van der Waals surface area contributed by atoms with E-state index in [2.05, 4.69) is 0 Å². The summed E-state index contributed by atoms with van der Waals surface area (Å²) in [6.07, 6.45) is 1.20. The fourth-order valence-corrected chi connectivity index (χ4v) is 2.01. The van der Waals surface area contributed by atoms with Gasteiger partial charge in [0.25, 0.3) is 0 Å². The molecule has 0 radical (unpaired) electrons. The first-order chi connectivity index (χ1) is 7.71. The van der Waals surface area contributed by atoms with Gasteiger partial charge in [-0.1, -0.05) is 13.0 Å². The van der Waals surface area contributed by atoms with Gasteiger partial charge in [-0.25, -0.2) is 8.42 Å². The summed E-state index contributed by atoms with van der Waals surface area (Å²) in [5.74, 6) is -1.79. The lowest BCUT2D eigenvalue weighted by molar-refractivity contribution is -0.141. The smallest absolute Gasteiger partial charge is 0.306 e. The van der Waals surface area contributed by atoms with Gasteiger partial charge in [0.2, 0.25) is 0 Å². The molecule has 0 bridgehead atoms. The minimum Gasteiger partial charge on any atom is -0.508 e. The van der Waals surface area contributed by atoms with E-state index in [9.17, 15) is 18.3 Å². The number of aliphatic carboxylic acids is 1. The molecule has 6 heteroatoms. The van der Waals surface area contributed by atoms with Crippen LogP contribution >= 0.6 is 0 Å². The molecule has 5 nitrogen and oxygen atoms in total. The van der Waals surface area contributed by atoms with E-state index in [0.29, 0.717) is 5.56 Å². The standard InChI is InChI=1S/C11H14O5S/c1-7(11(13)14)5-8-3-4-9(6-10(8)12)17(2,15)16/h3-4,6-7,12H,5H2,1-2H3,(H,13,14). The van der Waals surface area contributed by atoms with Crippen LogP contribution in [0.25, 0.3) is 0 Å². The Balaban J connectivity index is 3.03. The first kappa shape index (κ1) is 13.5. The molecule has 0 amide bonds. The van der Waals surface area contributed by atoms with Crippen LogP contribution in [0.4, 0.5) is 0 Å². The fourth-order valence-electron chi connectivity index (χ4n) is 1.36. The molecule has 0 aromatic heterocycles. The fraction of sp³-hybridized carbons (Fsp3) is 0.364. The first-order valence-corrected chi connectivity index (χ1v) is 6.85. The molecule has 1 unspecified atom stereocenters. The minimum atomic E-state index is -3.36. The van der Waals surface area contributed by atoms with Crippen LogP contribution in [0.5, 0.6) is 5.75 Å². The van der Waals surface area contributed by atoms with E-state index in [1.807, 2.05) is 0 Å². The second-order valence-corrected chi connectivity index (χ2v) is 6.02. The number of hydrogen-bond acceptors (Lipinski definition) is 4. The molecule has 1 rings (SSSR count). The summed E-state index contributed by atoms with van der Waals surface area (Å²) in [4.78, 5) is 10.7. The third kappa shape index (κ3) is 3.45. The largest absolute Gasteiger partial charge is 0.508 e. The molecule has 1 aromatic rings. The van der Waals surface area contributed by atoms with Crippen LogP contribution < -0.4 is 0 Å². The van der Waals surface area contributed by atoms with Crippen LogP contribution in [0.1, 0.15) is 12.5 Å². The molecule has 0 aliphatic carbocycles. The van der Waals surface area contributed by atoms with Gasteiger partial charge in [0.05, 0.1) is 10.8 Å². The number of sulfone groups is 1. The van der Waals surface area contributed by atoms with Crippen molar-refractivity contribution in [3.8, 4) is 5.75 Å². The van der Waals surface area contributed by atoms with Crippen molar-refractivity contribution in [2.45, 2.75) is 18.2 Å². The monoisotopic (exact) mass is 258 g/mol. The SMILES string of the molecule is CC(Cc1ccc(S(C)(=O)=O)cc1O)C(=O)O. The Morgan fingerprint density at radius 3 is 2.41 bits per heavy atom. The van der Waals surface area contributed by atoms with Gasteiger partial charge in [0, 0.05) is 6.26 Å². The Morgan fingerprint density at radius 2 is 2.00 bits per heavy atom. The van der Waals surface area contributed by atoms with Crippen molar-refractivity contribution in [1.82, 2.24) is 0 Å². The first-order valence-electron chi connectivity index (χ1n) is 4.96. The maximum Gasteiger partial charge on any atom is 0.306 e. The maximum absolute atomic E-state index is 11.2. The number of rotatable bonds is 4. The van der Waals surface area contributed by atoms with Gasteiger partial charge in [-0.05, 0) is 24.1 Å². The van der Waals surface area contributed by atoms with Gasteiger partial charge in [-0.3, -0.25) is 4.79 Å². The summed E-state index contributed by atoms with van der Waals surface area (Å²) in [6, 6.07) is 3.93. The van der Waals surface area contributed by atoms with Crippen LogP contribution in [-0.2, 0) is 21.1 Å². The number of carbonyl (C=O) groups is 1. The van der Waals surface area contributed by atoms with E-state index in [0.717, 1.165) is 12.3 Å². The van der Waals surface area contributed by atoms with E-state index >= 15 is 0 Å². The maximum atomic E-state index is 11.2. The van der Waals surface area contributed by atoms with Gasteiger partial charge < -0.3 is 10.2 Å². The predicted octanol–water partition coefficient (Wildman–Crippen LogP) is 1.06. The van der Waals surface area contributed by atoms with E-state index in [1.165, 1.54) is 19.1 Å². The van der Waals surface area contributed by atoms with Gasteiger partial charge in [-0.2, -0.15) is 0 Å². The van der Waals surface area contributed by atoms with Crippen molar-refractivity contribution in [3.63, 3.8) is 0 Å². The molecule has 0 heterocycles. The summed E-state index contributed by atoms with van der Waals surface area (Å²) in [6.45, 7) is 1.52. The Kier molecular flexibility index (Phi) is 3.77. The number of carboxylic acids is 1. The van der Waals surface area contributed by atoms with Crippen molar-refractivity contribution in [2.24, 2.45) is 5.92 Å². The summed E-state index contributed by atoms with van der Waals surface area (Å²) in [7, 11) is -3.36. The van der Waals surface area contributed by atoms with E-state index in [4.69, 9.17) is 5.11 Å². The van der Waals surface area contributed by atoms with Gasteiger partial charge >= 0.3 is 5.97 Å². The molecular weight excluding hydrogens is 244 g/mol. The van der Waals surface area contributed by atoms with Crippen LogP contribution in [-0.4, -0.2) is 30.9 Å². The average molecular weight is 258 g/mol. The summed E-state index contributed by atoms with van der Waals surface area (Å²) in [5.41, 5.74) is 0.423. The number of benzene rings is 1. The molecule has 17 heavy (non-hydrogen) atoms. The van der Waals surface area contributed by atoms with Crippen LogP contribution in [0.15, 0.2) is 23.1 Å². The minimum absolute atomic E-state index is 0.0155. The second kappa shape index (κ2) is 4.75. The van der Waals surface area contributed by atoms with Crippen molar-refractivity contribution in [1.29, 1.82) is 0 Å². The zero-order valence-electron chi connectivity index (χ0n) is 9.54.